The zero-order valence-electron chi connectivity index (χ0n) is 11.6. The number of fused-ring (bicyclic) bond motifs is 1. The predicted octanol–water partition coefficient (Wildman–Crippen LogP) is 4.26. The zero-order valence-corrected chi connectivity index (χ0v) is 14.0. The first-order chi connectivity index (χ1) is 9.42. The number of nitrogens with zero attached hydrogens (tertiary/aromatic N) is 1. The number of nitrogen functional groups attached to an aromatic ring is 1. The van der Waals surface area contributed by atoms with Crippen molar-refractivity contribution in [1.29, 1.82) is 0 Å². The summed E-state index contributed by atoms with van der Waals surface area (Å²) < 4.78 is 2.00. The Labute approximate surface area is 130 Å². The van der Waals surface area contributed by atoms with Gasteiger partial charge in [-0.25, -0.2) is 0 Å². The molecule has 106 valence electrons. The molecule has 1 saturated heterocycles. The molecule has 0 bridgehead atoms. The van der Waals surface area contributed by atoms with E-state index in [0.717, 1.165) is 33.9 Å². The van der Waals surface area contributed by atoms with Gasteiger partial charge in [-0.15, -0.1) is 11.3 Å². The second-order valence-electron chi connectivity index (χ2n) is 5.83. The van der Waals surface area contributed by atoms with Gasteiger partial charge in [-0.3, -0.25) is 4.79 Å². The minimum absolute atomic E-state index is 0.0677. The van der Waals surface area contributed by atoms with Gasteiger partial charge >= 0.3 is 0 Å². The lowest BCUT2D eigenvalue weighted by atomic mass is 10.0. The molecule has 3 nitrogen and oxygen atoms in total. The minimum Gasteiger partial charge on any atom is -0.397 e. The van der Waals surface area contributed by atoms with E-state index in [1.807, 2.05) is 23.1 Å². The highest BCUT2D eigenvalue weighted by atomic mass is 79.9. The number of likely N-dealkylation sites (tertiary alicyclic amines) is 1. The van der Waals surface area contributed by atoms with Crippen LogP contribution in [0.4, 0.5) is 5.69 Å². The summed E-state index contributed by atoms with van der Waals surface area (Å²) in [4.78, 5) is 15.4. The van der Waals surface area contributed by atoms with Crippen molar-refractivity contribution >= 4 is 48.9 Å². The zero-order chi connectivity index (χ0) is 14.5. The molecular weight excluding hydrogens is 336 g/mol. The van der Waals surface area contributed by atoms with Crippen molar-refractivity contribution in [3.63, 3.8) is 0 Å². The number of nitrogens with two attached hydrogens (primary N) is 1. The summed E-state index contributed by atoms with van der Waals surface area (Å²) in [6.45, 7) is 5.06. The Morgan fingerprint density at radius 1 is 1.45 bits per heavy atom. The first-order valence-electron chi connectivity index (χ1n) is 6.70. The van der Waals surface area contributed by atoms with Crippen LogP contribution in [0.2, 0.25) is 0 Å². The summed E-state index contributed by atoms with van der Waals surface area (Å²) in [6.07, 6.45) is 2.11. The molecule has 1 aliphatic rings. The molecule has 0 atom stereocenters. The molecule has 3 rings (SSSR count). The van der Waals surface area contributed by atoms with E-state index in [9.17, 15) is 4.79 Å². The Hall–Kier alpha value is -1.07. The molecule has 1 amide bonds. The lowest BCUT2D eigenvalue weighted by molar-refractivity contribution is 0.0658. The molecule has 2 aromatic rings. The maximum absolute atomic E-state index is 12.8. The largest absolute Gasteiger partial charge is 0.397 e. The van der Waals surface area contributed by atoms with E-state index in [1.54, 1.807) is 0 Å². The van der Waals surface area contributed by atoms with Crippen LogP contribution in [0.3, 0.4) is 0 Å². The molecule has 5 heteroatoms. The molecule has 0 unspecified atom stereocenters. The summed E-state index contributed by atoms with van der Waals surface area (Å²) >= 11 is 5.01. The lowest BCUT2D eigenvalue weighted by Gasteiger charge is -2.31. The number of hydrogen-bond acceptors (Lipinski definition) is 3. The molecule has 20 heavy (non-hydrogen) atoms. The smallest absolute Gasteiger partial charge is 0.266 e. The monoisotopic (exact) mass is 352 g/mol. The third-order valence-corrected chi connectivity index (χ3v) is 5.86. The van der Waals surface area contributed by atoms with Crippen LogP contribution in [0.5, 0.6) is 0 Å². The Bertz CT molecular complexity index is 692. The summed E-state index contributed by atoms with van der Waals surface area (Å²) in [5.74, 6) is 0.0677. The molecule has 0 spiro atoms. The second-order valence-corrected chi connectivity index (χ2v) is 7.74. The normalized spacial score (nSPS) is 17.9. The molecule has 1 fully saturated rings. The van der Waals surface area contributed by atoms with E-state index in [0.29, 0.717) is 10.6 Å². The lowest BCUT2D eigenvalue weighted by Crippen LogP contribution is -2.42. The van der Waals surface area contributed by atoms with Gasteiger partial charge in [0.15, 0.2) is 0 Å². The number of amides is 1. The van der Waals surface area contributed by atoms with Gasteiger partial charge in [-0.05, 0) is 38.8 Å². The first-order valence-corrected chi connectivity index (χ1v) is 8.31. The van der Waals surface area contributed by atoms with Crippen LogP contribution >= 0.6 is 27.3 Å². The molecule has 1 aromatic heterocycles. The highest BCUT2D eigenvalue weighted by Crippen LogP contribution is 2.40. The average Bonchev–Trinajstić information content (AvgIpc) is 2.90. The number of benzene rings is 1. The topological polar surface area (TPSA) is 46.3 Å². The Morgan fingerprint density at radius 3 is 2.80 bits per heavy atom. The van der Waals surface area contributed by atoms with Gasteiger partial charge in [0.1, 0.15) is 4.88 Å². The Kier molecular flexibility index (Phi) is 3.29. The molecule has 1 aliphatic heterocycles. The maximum Gasteiger partial charge on any atom is 0.266 e. The fourth-order valence-corrected chi connectivity index (χ4v) is 4.70. The van der Waals surface area contributed by atoms with Crippen molar-refractivity contribution in [3.8, 4) is 0 Å². The summed E-state index contributed by atoms with van der Waals surface area (Å²) in [7, 11) is 0. The first kappa shape index (κ1) is 13.9. The van der Waals surface area contributed by atoms with E-state index in [2.05, 4.69) is 29.8 Å². The molecule has 1 aromatic carbocycles. The third kappa shape index (κ3) is 2.04. The van der Waals surface area contributed by atoms with Crippen LogP contribution < -0.4 is 5.73 Å². The van der Waals surface area contributed by atoms with Gasteiger partial charge < -0.3 is 10.6 Å². The highest BCUT2D eigenvalue weighted by molar-refractivity contribution is 9.10. The number of thiophene rings is 1. The van der Waals surface area contributed by atoms with E-state index in [1.165, 1.54) is 11.3 Å². The Balaban J connectivity index is 2.09. The fraction of sp³-hybridized carbons (Fsp3) is 0.400. The number of halogens is 1. The van der Waals surface area contributed by atoms with Crippen molar-refractivity contribution in [2.45, 2.75) is 32.2 Å². The number of rotatable bonds is 1. The van der Waals surface area contributed by atoms with Crippen LogP contribution in [-0.2, 0) is 0 Å². The van der Waals surface area contributed by atoms with Gasteiger partial charge in [0.2, 0.25) is 0 Å². The van der Waals surface area contributed by atoms with Gasteiger partial charge in [0.05, 0.1) is 5.69 Å². The maximum atomic E-state index is 12.8. The van der Waals surface area contributed by atoms with Crippen molar-refractivity contribution in [2.24, 2.45) is 0 Å². The van der Waals surface area contributed by atoms with Gasteiger partial charge in [-0.2, -0.15) is 0 Å². The van der Waals surface area contributed by atoms with Gasteiger partial charge in [0.25, 0.3) is 5.91 Å². The number of carbonyl (C=O) groups excluding carboxylic acids is 1. The average molecular weight is 353 g/mol. The van der Waals surface area contributed by atoms with E-state index >= 15 is 0 Å². The molecule has 2 N–H and O–H groups in total. The summed E-state index contributed by atoms with van der Waals surface area (Å²) in [6, 6.07) is 5.93. The van der Waals surface area contributed by atoms with Gasteiger partial charge in [-0.1, -0.05) is 22.0 Å². The van der Waals surface area contributed by atoms with Crippen molar-refractivity contribution in [1.82, 2.24) is 4.90 Å². The van der Waals surface area contributed by atoms with Crippen molar-refractivity contribution in [2.75, 3.05) is 12.3 Å². The van der Waals surface area contributed by atoms with E-state index in [-0.39, 0.29) is 11.4 Å². The molecule has 0 aliphatic carbocycles. The molecule has 0 saturated carbocycles. The molecule has 0 radical (unpaired) electrons. The number of carbonyl (C=O) groups is 1. The quantitative estimate of drug-likeness (QED) is 0.833. The molecular formula is C15H17BrN2OS. The van der Waals surface area contributed by atoms with Crippen LogP contribution in [0.25, 0.3) is 10.1 Å². The van der Waals surface area contributed by atoms with E-state index < -0.39 is 0 Å². The number of hydrogen-bond donors (Lipinski definition) is 1. The number of anilines is 1. The predicted molar refractivity (Wildman–Crippen MR) is 88.3 cm³/mol. The summed E-state index contributed by atoms with van der Waals surface area (Å²) in [5, 5.41) is 0.956. The Morgan fingerprint density at radius 2 is 2.20 bits per heavy atom. The van der Waals surface area contributed by atoms with E-state index in [4.69, 9.17) is 5.73 Å². The van der Waals surface area contributed by atoms with Crippen LogP contribution in [0.15, 0.2) is 22.7 Å². The van der Waals surface area contributed by atoms with Crippen LogP contribution in [0, 0.1) is 0 Å². The molecule has 2 heterocycles. The van der Waals surface area contributed by atoms with Crippen molar-refractivity contribution in [3.05, 3.63) is 27.5 Å². The van der Waals surface area contributed by atoms with Crippen LogP contribution in [-0.4, -0.2) is 22.9 Å². The van der Waals surface area contributed by atoms with Crippen molar-refractivity contribution < 1.29 is 4.79 Å². The second kappa shape index (κ2) is 4.74. The SMILES string of the molecule is CC1(C)CCCN1C(=O)c1sc2cccc(Br)c2c1N. The fourth-order valence-electron chi connectivity index (χ4n) is 2.89. The highest BCUT2D eigenvalue weighted by Gasteiger charge is 2.37. The van der Waals surface area contributed by atoms with Crippen LogP contribution in [0.1, 0.15) is 36.4 Å². The summed E-state index contributed by atoms with van der Waals surface area (Å²) in [5.41, 5.74) is 6.76. The minimum atomic E-state index is -0.0725. The van der Waals surface area contributed by atoms with Gasteiger partial charge in [0, 0.05) is 26.6 Å². The third-order valence-electron chi connectivity index (χ3n) is 4.04. The standard InChI is InChI=1S/C15H17BrN2OS/c1-15(2)7-4-8-18(15)14(19)13-12(17)11-9(16)5-3-6-10(11)20-13/h3,5-6H,4,7-8,17H2,1-2H3.